The van der Waals surface area contributed by atoms with E-state index in [1.165, 1.54) is 0 Å². The number of carboxylic acids is 1. The molecule has 0 fully saturated rings. The second kappa shape index (κ2) is 11.4. The van der Waals surface area contributed by atoms with Crippen LogP contribution in [-0.4, -0.2) is 54.9 Å². The molecule has 2 amide bonds. The molecule has 0 aliphatic heterocycles. The van der Waals surface area contributed by atoms with Gasteiger partial charge in [0.1, 0.15) is 0 Å². The summed E-state index contributed by atoms with van der Waals surface area (Å²) < 4.78 is 5.04. The quantitative estimate of drug-likeness (QED) is 0.614. The second-order valence-electron chi connectivity index (χ2n) is 5.50. The zero-order valence-corrected chi connectivity index (χ0v) is 13.7. The van der Waals surface area contributed by atoms with E-state index in [1.54, 1.807) is 12.0 Å². The number of carbonyl (C=O) groups is 2. The van der Waals surface area contributed by atoms with E-state index in [-0.39, 0.29) is 24.4 Å². The Bertz CT molecular complexity index is 310. The number of ether oxygens (including phenoxy) is 1. The van der Waals surface area contributed by atoms with Gasteiger partial charge in [0.25, 0.3) is 0 Å². The number of methoxy groups -OCH3 is 1. The van der Waals surface area contributed by atoms with Crippen LogP contribution in [0.2, 0.25) is 0 Å². The lowest BCUT2D eigenvalue weighted by molar-refractivity contribution is -0.137. The van der Waals surface area contributed by atoms with Crippen LogP contribution in [0.25, 0.3) is 0 Å². The Morgan fingerprint density at radius 1 is 1.29 bits per heavy atom. The Morgan fingerprint density at radius 3 is 2.48 bits per heavy atom. The Labute approximate surface area is 127 Å². The Kier molecular flexibility index (Phi) is 10.7. The van der Waals surface area contributed by atoms with Crippen LogP contribution in [0.5, 0.6) is 0 Å². The van der Waals surface area contributed by atoms with Crippen LogP contribution in [0.1, 0.15) is 46.5 Å². The molecule has 0 saturated carbocycles. The van der Waals surface area contributed by atoms with E-state index in [4.69, 9.17) is 9.84 Å². The Morgan fingerprint density at radius 2 is 1.95 bits per heavy atom. The summed E-state index contributed by atoms with van der Waals surface area (Å²) in [6, 6.07) is 0.0939. The van der Waals surface area contributed by atoms with E-state index in [0.717, 1.165) is 12.8 Å². The predicted octanol–water partition coefficient (Wildman–Crippen LogP) is 2.33. The first kappa shape index (κ1) is 19.7. The third-order valence-corrected chi connectivity index (χ3v) is 3.68. The van der Waals surface area contributed by atoms with Gasteiger partial charge in [0.2, 0.25) is 0 Å². The van der Waals surface area contributed by atoms with E-state index in [1.807, 2.05) is 20.8 Å². The van der Waals surface area contributed by atoms with Gasteiger partial charge < -0.3 is 20.1 Å². The minimum atomic E-state index is -0.770. The Hall–Kier alpha value is -1.30. The monoisotopic (exact) mass is 302 g/mol. The van der Waals surface area contributed by atoms with Crippen molar-refractivity contribution in [2.45, 2.75) is 52.5 Å². The molecule has 0 bridgehead atoms. The van der Waals surface area contributed by atoms with Gasteiger partial charge in [0.05, 0.1) is 6.61 Å². The highest BCUT2D eigenvalue weighted by Crippen LogP contribution is 2.09. The molecule has 0 aliphatic rings. The minimum Gasteiger partial charge on any atom is -0.481 e. The SMILES string of the molecule is CCC(C)N(CCOC)C(=O)NCCC(C)CCC(=O)O. The van der Waals surface area contributed by atoms with Crippen molar-refractivity contribution in [3.8, 4) is 0 Å². The number of carbonyl (C=O) groups excluding carboxylic acids is 1. The lowest BCUT2D eigenvalue weighted by Crippen LogP contribution is -2.46. The van der Waals surface area contributed by atoms with Crippen molar-refractivity contribution in [2.24, 2.45) is 5.92 Å². The van der Waals surface area contributed by atoms with Gasteiger partial charge in [-0.05, 0) is 32.1 Å². The van der Waals surface area contributed by atoms with Crippen LogP contribution in [0.4, 0.5) is 4.79 Å². The molecule has 0 heterocycles. The fourth-order valence-electron chi connectivity index (χ4n) is 1.97. The van der Waals surface area contributed by atoms with Gasteiger partial charge in [-0.3, -0.25) is 4.79 Å². The van der Waals surface area contributed by atoms with E-state index in [9.17, 15) is 9.59 Å². The number of carboxylic acid groups (broad SMARTS) is 1. The summed E-state index contributed by atoms with van der Waals surface area (Å²) in [4.78, 5) is 24.4. The van der Waals surface area contributed by atoms with Gasteiger partial charge in [-0.25, -0.2) is 4.79 Å². The summed E-state index contributed by atoms with van der Waals surface area (Å²) in [5, 5.41) is 11.5. The number of rotatable bonds is 11. The van der Waals surface area contributed by atoms with E-state index >= 15 is 0 Å². The maximum absolute atomic E-state index is 12.2. The molecular weight excluding hydrogens is 272 g/mol. The van der Waals surface area contributed by atoms with Gasteiger partial charge in [0, 0.05) is 32.7 Å². The highest BCUT2D eigenvalue weighted by atomic mass is 16.5. The van der Waals surface area contributed by atoms with Crippen LogP contribution in [0.15, 0.2) is 0 Å². The number of amides is 2. The Balaban J connectivity index is 4.09. The number of hydrogen-bond acceptors (Lipinski definition) is 3. The molecule has 0 aromatic heterocycles. The largest absolute Gasteiger partial charge is 0.481 e. The molecule has 0 radical (unpaired) electrons. The van der Waals surface area contributed by atoms with Gasteiger partial charge >= 0.3 is 12.0 Å². The van der Waals surface area contributed by atoms with Crippen LogP contribution < -0.4 is 5.32 Å². The molecular formula is C15H30N2O4. The molecule has 0 aromatic carbocycles. The van der Waals surface area contributed by atoms with Gasteiger partial charge in [0.15, 0.2) is 0 Å². The molecule has 21 heavy (non-hydrogen) atoms. The van der Waals surface area contributed by atoms with Crippen molar-refractivity contribution < 1.29 is 19.4 Å². The van der Waals surface area contributed by atoms with Crippen LogP contribution in [0.3, 0.4) is 0 Å². The molecule has 0 aliphatic carbocycles. The summed E-state index contributed by atoms with van der Waals surface area (Å²) in [5.74, 6) is -0.481. The van der Waals surface area contributed by atoms with Crippen LogP contribution in [-0.2, 0) is 9.53 Å². The third kappa shape index (κ3) is 9.28. The fraction of sp³-hybridized carbons (Fsp3) is 0.867. The maximum Gasteiger partial charge on any atom is 0.317 e. The molecule has 2 atom stereocenters. The lowest BCUT2D eigenvalue weighted by Gasteiger charge is -2.28. The van der Waals surface area contributed by atoms with Crippen molar-refractivity contribution in [1.29, 1.82) is 0 Å². The second-order valence-corrected chi connectivity index (χ2v) is 5.50. The molecule has 0 spiro atoms. The van der Waals surface area contributed by atoms with Crippen molar-refractivity contribution in [3.05, 3.63) is 0 Å². The highest BCUT2D eigenvalue weighted by molar-refractivity contribution is 5.74. The number of aliphatic carboxylic acids is 1. The average molecular weight is 302 g/mol. The van der Waals surface area contributed by atoms with Gasteiger partial charge in [-0.1, -0.05) is 13.8 Å². The molecule has 0 saturated heterocycles. The number of nitrogens with one attached hydrogen (secondary N) is 1. The molecule has 0 rings (SSSR count). The molecule has 0 aromatic rings. The summed E-state index contributed by atoms with van der Waals surface area (Å²) in [6.45, 7) is 7.74. The van der Waals surface area contributed by atoms with E-state index < -0.39 is 5.97 Å². The summed E-state index contributed by atoms with van der Waals surface area (Å²) >= 11 is 0. The average Bonchev–Trinajstić information content (AvgIpc) is 2.45. The van der Waals surface area contributed by atoms with E-state index in [2.05, 4.69) is 5.32 Å². The number of hydrogen-bond donors (Lipinski definition) is 2. The van der Waals surface area contributed by atoms with E-state index in [0.29, 0.717) is 26.1 Å². The standard InChI is InChI=1S/C15H30N2O4/c1-5-13(3)17(10-11-21-4)15(20)16-9-8-12(2)6-7-14(18)19/h12-13H,5-11H2,1-4H3,(H,16,20)(H,18,19). The maximum atomic E-state index is 12.2. The van der Waals surface area contributed by atoms with Crippen molar-refractivity contribution in [1.82, 2.24) is 10.2 Å². The number of urea groups is 1. The zero-order chi connectivity index (χ0) is 16.3. The minimum absolute atomic E-state index is 0.0770. The summed E-state index contributed by atoms with van der Waals surface area (Å²) in [5.41, 5.74) is 0. The predicted molar refractivity (Wildman–Crippen MR) is 82.4 cm³/mol. The summed E-state index contributed by atoms with van der Waals surface area (Å²) in [6.07, 6.45) is 2.51. The third-order valence-electron chi connectivity index (χ3n) is 3.68. The smallest absolute Gasteiger partial charge is 0.317 e. The van der Waals surface area contributed by atoms with Crippen molar-refractivity contribution in [2.75, 3.05) is 26.8 Å². The first-order valence-corrected chi connectivity index (χ1v) is 7.67. The molecule has 2 N–H and O–H groups in total. The molecule has 124 valence electrons. The fourth-order valence-corrected chi connectivity index (χ4v) is 1.97. The van der Waals surface area contributed by atoms with Crippen LogP contribution >= 0.6 is 0 Å². The van der Waals surface area contributed by atoms with Crippen molar-refractivity contribution >= 4 is 12.0 Å². The van der Waals surface area contributed by atoms with Gasteiger partial charge in [-0.15, -0.1) is 0 Å². The number of nitrogens with zero attached hydrogens (tertiary/aromatic N) is 1. The molecule has 2 unspecified atom stereocenters. The van der Waals surface area contributed by atoms with Gasteiger partial charge in [-0.2, -0.15) is 0 Å². The van der Waals surface area contributed by atoms with Crippen molar-refractivity contribution in [3.63, 3.8) is 0 Å². The highest BCUT2D eigenvalue weighted by Gasteiger charge is 2.18. The topological polar surface area (TPSA) is 78.9 Å². The normalized spacial score (nSPS) is 13.5. The molecule has 6 heteroatoms. The first-order valence-electron chi connectivity index (χ1n) is 7.67. The first-order chi connectivity index (χ1) is 9.92. The molecule has 6 nitrogen and oxygen atoms in total. The zero-order valence-electron chi connectivity index (χ0n) is 13.7. The van der Waals surface area contributed by atoms with Crippen LogP contribution in [0, 0.1) is 5.92 Å². The summed E-state index contributed by atoms with van der Waals surface area (Å²) in [7, 11) is 1.62. The lowest BCUT2D eigenvalue weighted by atomic mass is 10.0.